The Morgan fingerprint density at radius 3 is 1.41 bits per heavy atom. The van der Waals surface area contributed by atoms with Crippen LogP contribution in [-0.2, 0) is 18.1 Å². The maximum absolute atomic E-state index is 11.6. The smallest absolute Gasteiger partial charge is 0.193 e. The van der Waals surface area contributed by atoms with E-state index in [1.807, 2.05) is 13.0 Å². The van der Waals surface area contributed by atoms with Crippen LogP contribution in [0.5, 0.6) is 0 Å². The van der Waals surface area contributed by atoms with E-state index in [0.29, 0.717) is 5.57 Å². The molecule has 0 spiro atoms. The van der Waals surface area contributed by atoms with E-state index in [-0.39, 0.29) is 33.4 Å². The molecule has 0 bridgehead atoms. The van der Waals surface area contributed by atoms with Crippen molar-refractivity contribution in [3.05, 3.63) is 11.6 Å². The molecule has 0 radical (unpaired) electrons. The highest BCUT2D eigenvalue weighted by atomic mass is 28.4. The first-order valence-corrected chi connectivity index (χ1v) is 21.7. The van der Waals surface area contributed by atoms with Gasteiger partial charge in [0.2, 0.25) is 0 Å². The van der Waals surface area contributed by atoms with Crippen molar-refractivity contribution in [2.75, 3.05) is 0 Å². The first kappa shape index (κ1) is 33.9. The monoisotopic (exact) mass is 530 g/mol. The van der Waals surface area contributed by atoms with Crippen LogP contribution in [0.1, 0.15) is 82.6 Å². The number of rotatable bonds is 11. The molecule has 0 aromatic rings. The molecule has 0 saturated heterocycles. The van der Waals surface area contributed by atoms with Crippen LogP contribution in [-0.4, -0.2) is 49.6 Å². The van der Waals surface area contributed by atoms with Gasteiger partial charge in [0.15, 0.2) is 25.0 Å². The van der Waals surface area contributed by atoms with Crippen LogP contribution >= 0.6 is 0 Å². The molecule has 3 atom stereocenters. The topological polar surface area (TPSA) is 44.8 Å². The summed E-state index contributed by atoms with van der Waals surface area (Å²) in [6, 6.07) is 0. The summed E-state index contributed by atoms with van der Waals surface area (Å²) in [6.07, 6.45) is 3.22. The Labute approximate surface area is 216 Å². The fourth-order valence-electron chi connectivity index (χ4n) is 2.89. The van der Waals surface area contributed by atoms with E-state index in [9.17, 15) is 4.79 Å². The molecule has 0 unspecified atom stereocenters. The van der Waals surface area contributed by atoms with E-state index in [4.69, 9.17) is 13.3 Å². The van der Waals surface area contributed by atoms with Gasteiger partial charge in [0, 0.05) is 6.10 Å². The highest BCUT2D eigenvalue weighted by Gasteiger charge is 2.45. The van der Waals surface area contributed by atoms with Gasteiger partial charge in [-0.3, -0.25) is 4.79 Å². The summed E-state index contributed by atoms with van der Waals surface area (Å²) >= 11 is 0. The van der Waals surface area contributed by atoms with Crippen LogP contribution in [0, 0.1) is 0 Å². The molecule has 0 fully saturated rings. The van der Waals surface area contributed by atoms with Gasteiger partial charge < -0.3 is 13.3 Å². The molecular weight excluding hydrogens is 473 g/mol. The number of carbonyl (C=O) groups excluding carboxylic acids is 1. The average Bonchev–Trinajstić information content (AvgIpc) is 2.56. The van der Waals surface area contributed by atoms with Gasteiger partial charge in [-0.05, 0) is 86.3 Å². The van der Waals surface area contributed by atoms with Crippen molar-refractivity contribution in [3.63, 3.8) is 0 Å². The van der Waals surface area contributed by atoms with Gasteiger partial charge >= 0.3 is 0 Å². The van der Waals surface area contributed by atoms with Crippen molar-refractivity contribution in [1.82, 2.24) is 0 Å². The minimum atomic E-state index is -2.12. The van der Waals surface area contributed by atoms with E-state index in [2.05, 4.69) is 109 Å². The highest BCUT2D eigenvalue weighted by Crippen LogP contribution is 2.42. The molecule has 0 aromatic carbocycles. The van der Waals surface area contributed by atoms with E-state index >= 15 is 0 Å². The minimum Gasteiger partial charge on any atom is -0.414 e. The first-order valence-electron chi connectivity index (χ1n) is 12.9. The van der Waals surface area contributed by atoms with Crippen molar-refractivity contribution < 1.29 is 18.1 Å². The molecule has 0 rings (SSSR count). The normalized spacial score (nSPS) is 18.0. The molecule has 0 aliphatic rings. The zero-order valence-corrected chi connectivity index (χ0v) is 28.7. The second-order valence-corrected chi connectivity index (χ2v) is 29.0. The van der Waals surface area contributed by atoms with E-state index in [0.717, 1.165) is 12.7 Å². The summed E-state index contributed by atoms with van der Waals surface area (Å²) in [6.45, 7) is 38.1. The maximum atomic E-state index is 11.6. The van der Waals surface area contributed by atoms with Crippen LogP contribution < -0.4 is 0 Å². The first-order chi connectivity index (χ1) is 14.8. The molecule has 0 aromatic heterocycles. The van der Waals surface area contributed by atoms with E-state index < -0.39 is 25.0 Å². The molecule has 34 heavy (non-hydrogen) atoms. The number of hydrogen-bond acceptors (Lipinski definition) is 4. The van der Waals surface area contributed by atoms with Crippen LogP contribution in [0.2, 0.25) is 54.4 Å². The predicted octanol–water partition coefficient (Wildman–Crippen LogP) is 8.71. The Morgan fingerprint density at radius 1 is 0.706 bits per heavy atom. The Morgan fingerprint density at radius 2 is 1.06 bits per heavy atom. The van der Waals surface area contributed by atoms with Gasteiger partial charge in [-0.2, -0.15) is 0 Å². The standard InChI is InChI=1S/C27H58O4Si3/c1-21(20-28)18-23(30-33(14,15)26(6,7)8)24(31-34(16,17)27(9,10)11)19-22(2)29-32(12,13)25(3,4)5/h18,20,22-24H,19H2,1-17H3/t22-,23-,24-/m1/s1. The fourth-order valence-corrected chi connectivity index (χ4v) is 6.94. The van der Waals surface area contributed by atoms with Crippen LogP contribution in [0.4, 0.5) is 0 Å². The molecular formula is C27H58O4Si3. The number of allylic oxidation sites excluding steroid dienone is 1. The lowest BCUT2D eigenvalue weighted by Gasteiger charge is -2.46. The number of hydrogen-bond donors (Lipinski definition) is 0. The van der Waals surface area contributed by atoms with Gasteiger partial charge in [0.1, 0.15) is 6.29 Å². The van der Waals surface area contributed by atoms with Gasteiger partial charge in [0.25, 0.3) is 0 Å². The Balaban J connectivity index is 6.41. The second kappa shape index (κ2) is 11.6. The van der Waals surface area contributed by atoms with E-state index in [1.54, 1.807) is 0 Å². The molecule has 0 saturated carbocycles. The summed E-state index contributed by atoms with van der Waals surface area (Å²) < 4.78 is 20.8. The summed E-state index contributed by atoms with van der Waals surface area (Å²) in [5, 5.41) is 0.265. The Hall–Kier alpha value is -0.0594. The third-order valence-electron chi connectivity index (χ3n) is 8.33. The third-order valence-corrected chi connectivity index (χ3v) is 21.9. The largest absolute Gasteiger partial charge is 0.414 e. The molecule has 0 amide bonds. The van der Waals surface area contributed by atoms with Crippen molar-refractivity contribution in [2.45, 2.75) is 155 Å². The maximum Gasteiger partial charge on any atom is 0.193 e. The molecule has 0 heterocycles. The molecule has 202 valence electrons. The summed E-state index contributed by atoms with van der Waals surface area (Å²) in [7, 11) is -6.15. The van der Waals surface area contributed by atoms with Gasteiger partial charge in [-0.1, -0.05) is 62.3 Å². The zero-order chi connectivity index (χ0) is 27.6. The third kappa shape index (κ3) is 9.77. The van der Waals surface area contributed by atoms with Gasteiger partial charge in [0.05, 0.1) is 12.2 Å². The second-order valence-electron chi connectivity index (χ2n) is 14.7. The number of aldehydes is 1. The molecule has 0 aliphatic heterocycles. The Bertz CT molecular complexity index is 692. The van der Waals surface area contributed by atoms with E-state index in [1.165, 1.54) is 0 Å². The Kier molecular flexibility index (Phi) is 11.5. The SMILES string of the molecule is CC(C=O)=C[C@@H](O[Si](C)(C)C(C)(C)C)[C@@H](C[C@@H](C)O[Si](C)(C)C(C)(C)C)O[Si](C)(C)C(C)(C)C. The van der Waals surface area contributed by atoms with Crippen LogP contribution in [0.3, 0.4) is 0 Å². The van der Waals surface area contributed by atoms with Crippen LogP contribution in [0.25, 0.3) is 0 Å². The lowest BCUT2D eigenvalue weighted by atomic mass is 10.1. The average molecular weight is 531 g/mol. The summed E-state index contributed by atoms with van der Waals surface area (Å²) in [5.74, 6) is 0. The van der Waals surface area contributed by atoms with Gasteiger partial charge in [-0.25, -0.2) is 0 Å². The molecule has 7 heteroatoms. The highest BCUT2D eigenvalue weighted by molar-refractivity contribution is 6.75. The lowest BCUT2D eigenvalue weighted by Crippen LogP contribution is -2.53. The summed E-state index contributed by atoms with van der Waals surface area (Å²) in [4.78, 5) is 11.6. The van der Waals surface area contributed by atoms with Crippen LogP contribution in [0.15, 0.2) is 11.6 Å². The molecule has 0 N–H and O–H groups in total. The van der Waals surface area contributed by atoms with Crippen molar-refractivity contribution >= 4 is 31.2 Å². The molecule has 0 aliphatic carbocycles. The zero-order valence-electron chi connectivity index (χ0n) is 25.7. The predicted molar refractivity (Wildman–Crippen MR) is 156 cm³/mol. The van der Waals surface area contributed by atoms with Gasteiger partial charge in [-0.15, -0.1) is 0 Å². The fraction of sp³-hybridized carbons (Fsp3) is 0.889. The lowest BCUT2D eigenvalue weighted by molar-refractivity contribution is -0.104. The van der Waals surface area contributed by atoms with Crippen molar-refractivity contribution in [2.24, 2.45) is 0 Å². The minimum absolute atomic E-state index is 0.0334. The molecule has 4 nitrogen and oxygen atoms in total. The summed E-state index contributed by atoms with van der Waals surface area (Å²) in [5.41, 5.74) is 0.686. The number of carbonyl (C=O) groups is 1. The van der Waals surface area contributed by atoms with Crippen molar-refractivity contribution in [3.8, 4) is 0 Å². The quantitative estimate of drug-likeness (QED) is 0.152. The van der Waals surface area contributed by atoms with Crippen molar-refractivity contribution in [1.29, 1.82) is 0 Å².